The van der Waals surface area contributed by atoms with Gasteiger partial charge in [-0.2, -0.15) is 10.1 Å². The summed E-state index contributed by atoms with van der Waals surface area (Å²) < 4.78 is 4.47. The second kappa shape index (κ2) is 4.78. The van der Waals surface area contributed by atoms with Gasteiger partial charge >= 0.3 is 5.97 Å². The number of aliphatic carboxylic acids is 1. The number of rotatable bonds is 3. The van der Waals surface area contributed by atoms with Crippen LogP contribution in [-0.4, -0.2) is 30.2 Å². The summed E-state index contributed by atoms with van der Waals surface area (Å²) in [6.07, 6.45) is 8.04. The number of aromatic nitrogens is 4. The highest BCUT2D eigenvalue weighted by atomic mass is 127. The van der Waals surface area contributed by atoms with E-state index >= 15 is 0 Å². The highest BCUT2D eigenvalue weighted by Gasteiger charge is 2.13. The molecular weight excluding hydrogens is 379 g/mol. The minimum Gasteiger partial charge on any atom is -0.478 e. The SMILES string of the molecule is O=C(O)C=Cc1c(-n2cc(I)cn2)nc2sccn12. The van der Waals surface area contributed by atoms with E-state index in [2.05, 4.69) is 32.7 Å². The maximum absolute atomic E-state index is 10.7. The zero-order valence-electron chi connectivity index (χ0n) is 9.39. The Bertz CT molecular complexity index is 786. The van der Waals surface area contributed by atoms with Crippen LogP contribution in [-0.2, 0) is 4.79 Å². The largest absolute Gasteiger partial charge is 0.478 e. The molecule has 0 atom stereocenters. The zero-order valence-corrected chi connectivity index (χ0v) is 12.4. The Kier molecular flexibility index (Phi) is 3.11. The molecule has 0 spiro atoms. The number of carboxylic acid groups (broad SMARTS) is 1. The van der Waals surface area contributed by atoms with Gasteiger partial charge in [-0.05, 0) is 28.7 Å². The Balaban J connectivity index is 2.20. The summed E-state index contributed by atoms with van der Waals surface area (Å²) in [5.41, 5.74) is 0.693. The number of hydrogen-bond donors (Lipinski definition) is 1. The number of thiazole rings is 1. The van der Waals surface area contributed by atoms with Crippen LogP contribution in [0.1, 0.15) is 5.69 Å². The fraction of sp³-hybridized carbons (Fsp3) is 0. The Hall–Kier alpha value is -1.68. The predicted octanol–water partition coefficient (Wildman–Crippen LogP) is 2.28. The van der Waals surface area contributed by atoms with Crippen LogP contribution < -0.4 is 0 Å². The Morgan fingerprint density at radius 1 is 1.53 bits per heavy atom. The van der Waals surface area contributed by atoms with E-state index in [0.29, 0.717) is 11.5 Å². The summed E-state index contributed by atoms with van der Waals surface area (Å²) in [7, 11) is 0. The lowest BCUT2D eigenvalue weighted by Gasteiger charge is -1.98. The van der Waals surface area contributed by atoms with Crippen molar-refractivity contribution < 1.29 is 9.90 Å². The monoisotopic (exact) mass is 386 g/mol. The van der Waals surface area contributed by atoms with Crippen LogP contribution in [0.5, 0.6) is 0 Å². The summed E-state index contributed by atoms with van der Waals surface area (Å²) in [5, 5.41) is 14.9. The molecule has 0 radical (unpaired) electrons. The third kappa shape index (κ3) is 2.28. The normalized spacial score (nSPS) is 11.6. The summed E-state index contributed by atoms with van der Waals surface area (Å²) in [4.78, 5) is 15.9. The predicted molar refractivity (Wildman–Crippen MR) is 79.6 cm³/mol. The molecule has 0 aliphatic heterocycles. The van der Waals surface area contributed by atoms with Gasteiger partial charge in [-0.25, -0.2) is 9.48 Å². The number of fused-ring (bicyclic) bond motifs is 1. The maximum Gasteiger partial charge on any atom is 0.328 e. The van der Waals surface area contributed by atoms with Crippen LogP contribution >= 0.6 is 33.9 Å². The molecule has 3 heterocycles. The molecule has 0 amide bonds. The van der Waals surface area contributed by atoms with Gasteiger partial charge in [-0.15, -0.1) is 11.3 Å². The molecule has 0 aliphatic rings. The summed E-state index contributed by atoms with van der Waals surface area (Å²) >= 11 is 3.65. The maximum atomic E-state index is 10.7. The molecule has 8 heteroatoms. The van der Waals surface area contributed by atoms with Gasteiger partial charge in [0, 0.05) is 23.8 Å². The van der Waals surface area contributed by atoms with Crippen LogP contribution in [0.25, 0.3) is 16.9 Å². The van der Waals surface area contributed by atoms with Crippen LogP contribution in [0.2, 0.25) is 0 Å². The minimum absolute atomic E-state index is 0.618. The van der Waals surface area contributed by atoms with E-state index in [4.69, 9.17) is 5.11 Å². The van der Waals surface area contributed by atoms with Crippen molar-refractivity contribution in [3.8, 4) is 5.82 Å². The fourth-order valence-corrected chi connectivity index (χ4v) is 2.79. The Morgan fingerprint density at radius 2 is 2.37 bits per heavy atom. The molecule has 0 fully saturated rings. The standard InChI is InChI=1S/C11H7IN4O2S/c12-7-5-13-16(6-7)10-8(1-2-9(17)18)15-3-4-19-11(15)14-10/h1-6H,(H,17,18). The number of carboxylic acids is 1. The van der Waals surface area contributed by atoms with Gasteiger partial charge in [0.2, 0.25) is 0 Å². The third-order valence-corrected chi connectivity index (χ3v) is 3.75. The zero-order chi connectivity index (χ0) is 13.4. The molecular formula is C11H7IN4O2S. The van der Waals surface area contributed by atoms with Crippen LogP contribution in [0, 0.1) is 3.57 Å². The van der Waals surface area contributed by atoms with Gasteiger partial charge in [0.1, 0.15) is 0 Å². The summed E-state index contributed by atoms with van der Waals surface area (Å²) in [6, 6.07) is 0. The third-order valence-electron chi connectivity index (χ3n) is 2.43. The fourth-order valence-electron chi connectivity index (χ4n) is 1.68. The van der Waals surface area contributed by atoms with Crippen molar-refractivity contribution in [2.75, 3.05) is 0 Å². The second-order valence-corrected chi connectivity index (χ2v) is 5.77. The topological polar surface area (TPSA) is 72.4 Å². The van der Waals surface area contributed by atoms with E-state index in [-0.39, 0.29) is 0 Å². The molecule has 3 aromatic heterocycles. The lowest BCUT2D eigenvalue weighted by molar-refractivity contribution is -0.131. The molecule has 0 unspecified atom stereocenters. The molecule has 0 bridgehead atoms. The van der Waals surface area contributed by atoms with E-state index in [1.54, 1.807) is 10.9 Å². The first kappa shape index (κ1) is 12.4. The highest BCUT2D eigenvalue weighted by molar-refractivity contribution is 14.1. The molecule has 6 nitrogen and oxygen atoms in total. The molecule has 1 N–H and O–H groups in total. The number of imidazole rings is 1. The average Bonchev–Trinajstić information content (AvgIpc) is 3.00. The molecule has 0 saturated heterocycles. The molecule has 0 aromatic carbocycles. The van der Waals surface area contributed by atoms with Crippen molar-refractivity contribution in [3.05, 3.63) is 39.3 Å². The van der Waals surface area contributed by atoms with Crippen molar-refractivity contribution in [1.82, 2.24) is 19.2 Å². The van der Waals surface area contributed by atoms with Crippen LogP contribution in [0.3, 0.4) is 0 Å². The average molecular weight is 386 g/mol. The van der Waals surface area contributed by atoms with Crippen molar-refractivity contribution in [1.29, 1.82) is 0 Å². The molecule has 0 saturated carbocycles. The highest BCUT2D eigenvalue weighted by Crippen LogP contribution is 2.22. The summed E-state index contributed by atoms with van der Waals surface area (Å²) in [6.45, 7) is 0. The van der Waals surface area contributed by atoms with Crippen molar-refractivity contribution >= 4 is 50.9 Å². The van der Waals surface area contributed by atoms with E-state index in [9.17, 15) is 4.79 Å². The lowest BCUT2D eigenvalue weighted by atomic mass is 10.3. The quantitative estimate of drug-likeness (QED) is 0.554. The van der Waals surface area contributed by atoms with Gasteiger partial charge in [-0.3, -0.25) is 4.40 Å². The number of carbonyl (C=O) groups is 1. The first-order chi connectivity index (χ1) is 9.15. The first-order valence-corrected chi connectivity index (χ1v) is 7.18. The lowest BCUT2D eigenvalue weighted by Crippen LogP contribution is -1.98. The smallest absolute Gasteiger partial charge is 0.328 e. The number of nitrogens with zero attached hydrogens (tertiary/aromatic N) is 4. The Labute approximate surface area is 125 Å². The molecule has 0 aliphatic carbocycles. The van der Waals surface area contributed by atoms with E-state index in [1.165, 1.54) is 17.4 Å². The van der Waals surface area contributed by atoms with Gasteiger partial charge in [0.15, 0.2) is 10.8 Å². The van der Waals surface area contributed by atoms with Crippen molar-refractivity contribution in [3.63, 3.8) is 0 Å². The van der Waals surface area contributed by atoms with Crippen LogP contribution in [0.15, 0.2) is 30.0 Å². The van der Waals surface area contributed by atoms with E-state index in [1.807, 2.05) is 22.2 Å². The van der Waals surface area contributed by atoms with Crippen molar-refractivity contribution in [2.45, 2.75) is 0 Å². The van der Waals surface area contributed by atoms with Gasteiger partial charge in [0.25, 0.3) is 0 Å². The summed E-state index contributed by atoms with van der Waals surface area (Å²) in [5.74, 6) is -0.376. The van der Waals surface area contributed by atoms with Gasteiger partial charge in [-0.1, -0.05) is 0 Å². The van der Waals surface area contributed by atoms with E-state index < -0.39 is 5.97 Å². The second-order valence-electron chi connectivity index (χ2n) is 3.65. The molecule has 3 aromatic rings. The van der Waals surface area contributed by atoms with Gasteiger partial charge in [0.05, 0.1) is 15.5 Å². The van der Waals surface area contributed by atoms with Crippen LogP contribution in [0.4, 0.5) is 0 Å². The van der Waals surface area contributed by atoms with Gasteiger partial charge < -0.3 is 5.11 Å². The Morgan fingerprint density at radius 3 is 3.05 bits per heavy atom. The van der Waals surface area contributed by atoms with Crippen molar-refractivity contribution in [2.24, 2.45) is 0 Å². The molecule has 19 heavy (non-hydrogen) atoms. The molecule has 3 rings (SSSR count). The number of hydrogen-bond acceptors (Lipinski definition) is 4. The van der Waals surface area contributed by atoms with E-state index in [0.717, 1.165) is 14.6 Å². The molecule has 96 valence electrons. The minimum atomic E-state index is -0.994. The number of halogens is 1. The first-order valence-electron chi connectivity index (χ1n) is 5.22.